The van der Waals surface area contributed by atoms with Crippen molar-refractivity contribution in [3.63, 3.8) is 0 Å². The van der Waals surface area contributed by atoms with E-state index < -0.39 is 12.3 Å². The first kappa shape index (κ1) is 13.9. The van der Waals surface area contributed by atoms with Crippen LogP contribution < -0.4 is 10.5 Å². The van der Waals surface area contributed by atoms with E-state index in [0.717, 1.165) is 12.1 Å². The second kappa shape index (κ2) is 7.21. The first-order valence-electron chi connectivity index (χ1n) is 5.62. The van der Waals surface area contributed by atoms with Crippen LogP contribution in [0.2, 0.25) is 0 Å². The van der Waals surface area contributed by atoms with Gasteiger partial charge < -0.3 is 20.7 Å². The van der Waals surface area contributed by atoms with Gasteiger partial charge in [0, 0.05) is 6.04 Å². The molecular weight excluding hydrogens is 225 g/mol. The Bertz CT molecular complexity index is 310. The van der Waals surface area contributed by atoms with Gasteiger partial charge in [-0.25, -0.2) is 4.39 Å². The molecule has 0 unspecified atom stereocenters. The van der Waals surface area contributed by atoms with Crippen molar-refractivity contribution in [2.24, 2.45) is 5.73 Å². The van der Waals surface area contributed by atoms with Crippen LogP contribution in [0.15, 0.2) is 24.3 Å². The second-order valence-electron chi connectivity index (χ2n) is 3.94. The lowest BCUT2D eigenvalue weighted by atomic mass is 10.3. The van der Waals surface area contributed by atoms with Gasteiger partial charge in [0.05, 0.1) is 0 Å². The third-order valence-electron chi connectivity index (χ3n) is 2.45. The van der Waals surface area contributed by atoms with E-state index in [1.54, 1.807) is 0 Å². The quantitative estimate of drug-likeness (QED) is 0.685. The zero-order chi connectivity index (χ0) is 12.7. The Hall–Kier alpha value is -1.17. The minimum Gasteiger partial charge on any atom is -0.442 e. The monoisotopic (exact) mass is 243 g/mol. The number of nitrogens with two attached hydrogens (primary N) is 1. The van der Waals surface area contributed by atoms with Crippen molar-refractivity contribution in [1.82, 2.24) is 0 Å². The van der Waals surface area contributed by atoms with Crippen LogP contribution in [0.4, 0.5) is 4.39 Å². The fraction of sp³-hybridized carbons (Fsp3) is 0.500. The van der Waals surface area contributed by atoms with Gasteiger partial charge >= 0.3 is 6.48 Å². The Morgan fingerprint density at radius 2 is 1.71 bits per heavy atom. The van der Waals surface area contributed by atoms with Gasteiger partial charge in [-0.05, 0) is 37.1 Å². The summed E-state index contributed by atoms with van der Waals surface area (Å²) in [6.07, 6.45) is 5.25. The summed E-state index contributed by atoms with van der Waals surface area (Å²) in [5, 5.41) is 16.6. The number of ether oxygens (including phenoxy) is 1. The summed E-state index contributed by atoms with van der Waals surface area (Å²) in [4.78, 5) is 0. The molecule has 4 N–H and O–H groups in total. The van der Waals surface area contributed by atoms with Crippen molar-refractivity contribution in [2.45, 2.75) is 38.2 Å². The molecule has 0 aliphatic heterocycles. The molecule has 1 fully saturated rings. The molecule has 0 radical (unpaired) electrons. The largest absolute Gasteiger partial charge is 0.442 e. The minimum atomic E-state index is -1.86. The Morgan fingerprint density at radius 3 is 2.06 bits per heavy atom. The summed E-state index contributed by atoms with van der Waals surface area (Å²) < 4.78 is 16.7. The fourth-order valence-electron chi connectivity index (χ4n) is 1.59. The Labute approximate surface area is 99.8 Å². The van der Waals surface area contributed by atoms with Gasteiger partial charge in [-0.2, -0.15) is 0 Å². The molecule has 96 valence electrons. The summed E-state index contributed by atoms with van der Waals surface area (Å²) in [6, 6.07) is 5.48. The van der Waals surface area contributed by atoms with Crippen molar-refractivity contribution in [3.8, 4) is 5.75 Å². The number of benzene rings is 1. The van der Waals surface area contributed by atoms with Crippen LogP contribution in [-0.4, -0.2) is 22.7 Å². The molecule has 0 bridgehead atoms. The van der Waals surface area contributed by atoms with Gasteiger partial charge in [-0.15, -0.1) is 0 Å². The van der Waals surface area contributed by atoms with Crippen molar-refractivity contribution in [3.05, 3.63) is 30.1 Å². The Balaban J connectivity index is 0.000000202. The predicted molar refractivity (Wildman–Crippen MR) is 61.7 cm³/mol. The molecule has 0 atom stereocenters. The number of rotatable bonds is 2. The highest BCUT2D eigenvalue weighted by molar-refractivity contribution is 5.21. The lowest BCUT2D eigenvalue weighted by Crippen LogP contribution is -2.13. The maximum atomic E-state index is 12.2. The molecule has 5 heteroatoms. The van der Waals surface area contributed by atoms with Crippen LogP contribution in [0.1, 0.15) is 25.7 Å². The second-order valence-corrected chi connectivity index (χ2v) is 3.94. The molecule has 2 rings (SSSR count). The van der Waals surface area contributed by atoms with E-state index in [0.29, 0.717) is 6.04 Å². The summed E-state index contributed by atoms with van der Waals surface area (Å²) in [5.41, 5.74) is 5.53. The van der Waals surface area contributed by atoms with Gasteiger partial charge in [0.25, 0.3) is 0 Å². The van der Waals surface area contributed by atoms with Crippen molar-refractivity contribution in [2.75, 3.05) is 0 Å². The van der Waals surface area contributed by atoms with Crippen molar-refractivity contribution in [1.29, 1.82) is 0 Å². The van der Waals surface area contributed by atoms with Crippen molar-refractivity contribution < 1.29 is 19.3 Å². The topological polar surface area (TPSA) is 75.7 Å². The average Bonchev–Trinajstić information content (AvgIpc) is 2.73. The lowest BCUT2D eigenvalue weighted by Gasteiger charge is -2.05. The lowest BCUT2D eigenvalue weighted by molar-refractivity contribution is -0.179. The van der Waals surface area contributed by atoms with Crippen LogP contribution >= 0.6 is 0 Å². The minimum absolute atomic E-state index is 0.210. The van der Waals surface area contributed by atoms with Crippen LogP contribution in [0, 0.1) is 5.82 Å². The first-order valence-corrected chi connectivity index (χ1v) is 5.62. The van der Waals surface area contributed by atoms with Gasteiger partial charge in [-0.1, -0.05) is 12.8 Å². The molecule has 0 amide bonds. The van der Waals surface area contributed by atoms with E-state index in [9.17, 15) is 4.39 Å². The number of aliphatic hydroxyl groups excluding tert-OH is 1. The van der Waals surface area contributed by atoms with Gasteiger partial charge in [-0.3, -0.25) is 0 Å². The van der Waals surface area contributed by atoms with Crippen molar-refractivity contribution >= 4 is 0 Å². The zero-order valence-corrected chi connectivity index (χ0v) is 9.55. The molecule has 0 aromatic heterocycles. The Morgan fingerprint density at radius 1 is 1.18 bits per heavy atom. The molecule has 17 heavy (non-hydrogen) atoms. The summed E-state index contributed by atoms with van der Waals surface area (Å²) in [5.74, 6) is -0.189. The van der Waals surface area contributed by atoms with E-state index in [-0.39, 0.29) is 5.75 Å². The van der Waals surface area contributed by atoms with Gasteiger partial charge in [0.1, 0.15) is 11.6 Å². The van der Waals surface area contributed by atoms with E-state index in [1.807, 2.05) is 0 Å². The molecule has 1 saturated carbocycles. The van der Waals surface area contributed by atoms with E-state index in [4.69, 9.17) is 15.9 Å². The highest BCUT2D eigenvalue weighted by atomic mass is 19.1. The van der Waals surface area contributed by atoms with Crippen LogP contribution in [0.25, 0.3) is 0 Å². The smallest absolute Gasteiger partial charge is 0.310 e. The van der Waals surface area contributed by atoms with Gasteiger partial charge in [0.2, 0.25) is 0 Å². The van der Waals surface area contributed by atoms with Crippen LogP contribution in [-0.2, 0) is 0 Å². The molecule has 0 spiro atoms. The average molecular weight is 243 g/mol. The maximum absolute atomic E-state index is 12.2. The maximum Gasteiger partial charge on any atom is 0.310 e. The van der Waals surface area contributed by atoms with E-state index in [2.05, 4.69) is 4.74 Å². The molecule has 1 aromatic rings. The highest BCUT2D eigenvalue weighted by Crippen LogP contribution is 2.14. The molecule has 0 heterocycles. The SMILES string of the molecule is NC1CCCC1.OC(O)Oc1ccc(F)cc1. The third-order valence-corrected chi connectivity index (χ3v) is 2.45. The van der Waals surface area contributed by atoms with E-state index >= 15 is 0 Å². The summed E-state index contributed by atoms with van der Waals surface area (Å²) in [6.45, 7) is -1.86. The molecule has 0 saturated heterocycles. The van der Waals surface area contributed by atoms with Crippen LogP contribution in [0.3, 0.4) is 0 Å². The number of halogens is 1. The molecule has 4 nitrogen and oxygen atoms in total. The van der Waals surface area contributed by atoms with E-state index in [1.165, 1.54) is 37.8 Å². The predicted octanol–water partition coefficient (Wildman–Crippen LogP) is 1.36. The Kier molecular flexibility index (Phi) is 5.90. The number of hydrogen-bond acceptors (Lipinski definition) is 4. The number of aliphatic hydroxyl groups is 2. The standard InChI is InChI=1S/C7H7FO3.C5H11N/c8-5-1-3-6(4-2-5)11-7(9)10;6-5-3-1-2-4-5/h1-4,7,9-10H;5H,1-4,6H2. The molecular formula is C12H18FNO3. The summed E-state index contributed by atoms with van der Waals surface area (Å²) in [7, 11) is 0. The van der Waals surface area contributed by atoms with Gasteiger partial charge in [0.15, 0.2) is 0 Å². The molecule has 1 aromatic carbocycles. The molecule has 1 aliphatic rings. The fourth-order valence-corrected chi connectivity index (χ4v) is 1.59. The highest BCUT2D eigenvalue weighted by Gasteiger charge is 2.07. The normalized spacial score (nSPS) is 15.6. The first-order chi connectivity index (χ1) is 8.08. The molecule has 1 aliphatic carbocycles. The third kappa shape index (κ3) is 6.21. The zero-order valence-electron chi connectivity index (χ0n) is 9.55. The summed E-state index contributed by atoms with van der Waals surface area (Å²) >= 11 is 0. The van der Waals surface area contributed by atoms with Crippen LogP contribution in [0.5, 0.6) is 5.75 Å². The number of hydrogen-bond donors (Lipinski definition) is 3.